The Morgan fingerprint density at radius 1 is 1.08 bits per heavy atom. The van der Waals surface area contributed by atoms with E-state index in [4.69, 9.17) is 12.2 Å². The van der Waals surface area contributed by atoms with E-state index in [1.807, 2.05) is 30.3 Å². The number of amides is 1. The Labute approximate surface area is 155 Å². The molecular formula is C18H16FN5OS. The lowest BCUT2D eigenvalue weighted by Crippen LogP contribution is -2.43. The van der Waals surface area contributed by atoms with Crippen LogP contribution in [0.1, 0.15) is 15.9 Å². The summed E-state index contributed by atoms with van der Waals surface area (Å²) in [6.45, 7) is 0.564. The fourth-order valence-electron chi connectivity index (χ4n) is 2.24. The highest BCUT2D eigenvalue weighted by Crippen LogP contribution is 2.11. The SMILES string of the molecule is O=C(NNC(=S)Nc1ccccc1F)c1cnn(Cc2ccccc2)c1. The number of hydrazine groups is 1. The van der Waals surface area contributed by atoms with E-state index in [1.54, 1.807) is 29.1 Å². The van der Waals surface area contributed by atoms with Crippen LogP contribution in [0.4, 0.5) is 10.1 Å². The van der Waals surface area contributed by atoms with Crippen LogP contribution in [-0.2, 0) is 6.54 Å². The van der Waals surface area contributed by atoms with Crippen LogP contribution >= 0.6 is 12.2 Å². The van der Waals surface area contributed by atoms with Gasteiger partial charge in [0.2, 0.25) is 0 Å². The van der Waals surface area contributed by atoms with Crippen molar-refractivity contribution in [3.05, 3.63) is 83.9 Å². The van der Waals surface area contributed by atoms with Crippen LogP contribution < -0.4 is 16.2 Å². The number of hydrogen-bond acceptors (Lipinski definition) is 3. The molecule has 8 heteroatoms. The molecule has 0 atom stereocenters. The number of rotatable bonds is 4. The fraction of sp³-hybridized carbons (Fsp3) is 0.0556. The van der Waals surface area contributed by atoms with Crippen LogP contribution in [0.15, 0.2) is 67.0 Å². The maximum atomic E-state index is 13.5. The third kappa shape index (κ3) is 4.64. The molecule has 0 unspecified atom stereocenters. The van der Waals surface area contributed by atoms with Crippen LogP contribution in [0, 0.1) is 5.82 Å². The molecule has 3 aromatic rings. The Kier molecular flexibility index (Phi) is 5.55. The molecule has 3 N–H and O–H groups in total. The van der Waals surface area contributed by atoms with Crippen molar-refractivity contribution in [1.29, 1.82) is 0 Å². The lowest BCUT2D eigenvalue weighted by molar-refractivity contribution is 0.0944. The van der Waals surface area contributed by atoms with E-state index in [2.05, 4.69) is 21.3 Å². The van der Waals surface area contributed by atoms with Crippen molar-refractivity contribution < 1.29 is 9.18 Å². The number of hydrogen-bond donors (Lipinski definition) is 3. The van der Waals surface area contributed by atoms with E-state index in [-0.39, 0.29) is 10.8 Å². The molecule has 0 aliphatic rings. The van der Waals surface area contributed by atoms with Gasteiger partial charge in [-0.3, -0.25) is 20.3 Å². The Balaban J connectivity index is 1.52. The number of nitrogens with one attached hydrogen (secondary N) is 3. The maximum absolute atomic E-state index is 13.5. The Hall–Kier alpha value is -3.26. The molecular weight excluding hydrogens is 353 g/mol. The molecule has 0 bridgehead atoms. The zero-order chi connectivity index (χ0) is 18.4. The van der Waals surface area contributed by atoms with Crippen LogP contribution in [0.3, 0.4) is 0 Å². The number of halogens is 1. The number of aromatic nitrogens is 2. The second-order valence-corrected chi connectivity index (χ2v) is 5.83. The molecule has 6 nitrogen and oxygen atoms in total. The zero-order valence-electron chi connectivity index (χ0n) is 13.6. The molecule has 0 spiro atoms. The molecule has 0 fully saturated rings. The Morgan fingerprint density at radius 2 is 1.81 bits per heavy atom. The minimum absolute atomic E-state index is 0.0696. The molecule has 26 heavy (non-hydrogen) atoms. The number of anilines is 1. The second kappa shape index (κ2) is 8.21. The molecule has 0 aliphatic heterocycles. The third-order valence-electron chi connectivity index (χ3n) is 3.49. The number of carbonyl (C=O) groups is 1. The van der Waals surface area contributed by atoms with Gasteiger partial charge < -0.3 is 5.32 Å². The van der Waals surface area contributed by atoms with E-state index >= 15 is 0 Å². The lowest BCUT2D eigenvalue weighted by Gasteiger charge is -2.11. The minimum Gasteiger partial charge on any atom is -0.329 e. The van der Waals surface area contributed by atoms with Gasteiger partial charge in [0.05, 0.1) is 24.0 Å². The van der Waals surface area contributed by atoms with Crippen molar-refractivity contribution in [2.45, 2.75) is 6.54 Å². The summed E-state index contributed by atoms with van der Waals surface area (Å²) < 4.78 is 15.2. The molecule has 132 valence electrons. The summed E-state index contributed by atoms with van der Waals surface area (Å²) in [7, 11) is 0. The van der Waals surface area contributed by atoms with Crippen LogP contribution in [0.25, 0.3) is 0 Å². The molecule has 0 aliphatic carbocycles. The van der Waals surface area contributed by atoms with Gasteiger partial charge in [-0.1, -0.05) is 42.5 Å². The van der Waals surface area contributed by atoms with Gasteiger partial charge in [0.25, 0.3) is 5.91 Å². The fourth-order valence-corrected chi connectivity index (χ4v) is 2.40. The first-order chi connectivity index (χ1) is 12.6. The van der Waals surface area contributed by atoms with Gasteiger partial charge in [0.15, 0.2) is 5.11 Å². The predicted molar refractivity (Wildman–Crippen MR) is 101 cm³/mol. The van der Waals surface area contributed by atoms with Crippen molar-refractivity contribution in [3.8, 4) is 0 Å². The topological polar surface area (TPSA) is 71.0 Å². The number of carbonyl (C=O) groups excluding carboxylic acids is 1. The predicted octanol–water partition coefficient (Wildman–Crippen LogP) is 2.70. The largest absolute Gasteiger partial charge is 0.329 e. The summed E-state index contributed by atoms with van der Waals surface area (Å²) in [5.74, 6) is -0.841. The smallest absolute Gasteiger partial charge is 0.272 e. The molecule has 1 aromatic heterocycles. The number of nitrogens with zero attached hydrogens (tertiary/aromatic N) is 2. The Morgan fingerprint density at radius 3 is 2.58 bits per heavy atom. The van der Waals surface area contributed by atoms with Crippen molar-refractivity contribution in [1.82, 2.24) is 20.6 Å². The van der Waals surface area contributed by atoms with Crippen LogP contribution in [-0.4, -0.2) is 20.8 Å². The van der Waals surface area contributed by atoms with Crippen molar-refractivity contribution in [2.24, 2.45) is 0 Å². The van der Waals surface area contributed by atoms with Crippen LogP contribution in [0.2, 0.25) is 0 Å². The van der Waals surface area contributed by atoms with Gasteiger partial charge in [-0.15, -0.1) is 0 Å². The van der Waals surface area contributed by atoms with E-state index in [0.29, 0.717) is 12.1 Å². The normalized spacial score (nSPS) is 10.2. The lowest BCUT2D eigenvalue weighted by atomic mass is 10.2. The highest BCUT2D eigenvalue weighted by atomic mass is 32.1. The Bertz CT molecular complexity index is 913. The summed E-state index contributed by atoms with van der Waals surface area (Å²) in [6, 6.07) is 15.9. The summed E-state index contributed by atoms with van der Waals surface area (Å²) in [5.41, 5.74) is 6.65. The first kappa shape index (κ1) is 17.6. The molecule has 1 amide bonds. The highest BCUT2D eigenvalue weighted by molar-refractivity contribution is 7.80. The van der Waals surface area contributed by atoms with Crippen molar-refractivity contribution in [2.75, 3.05) is 5.32 Å². The molecule has 0 saturated heterocycles. The average molecular weight is 369 g/mol. The molecule has 0 radical (unpaired) electrons. The average Bonchev–Trinajstić information content (AvgIpc) is 3.11. The van der Waals surface area contributed by atoms with Gasteiger partial charge in [-0.25, -0.2) is 4.39 Å². The van der Waals surface area contributed by atoms with Gasteiger partial charge in [0.1, 0.15) is 5.82 Å². The number of thiocarbonyl (C=S) groups is 1. The number of benzene rings is 2. The van der Waals surface area contributed by atoms with Crippen molar-refractivity contribution in [3.63, 3.8) is 0 Å². The van der Waals surface area contributed by atoms with Gasteiger partial charge in [0, 0.05) is 6.20 Å². The summed E-state index contributed by atoms with van der Waals surface area (Å²) in [5, 5.41) is 6.90. The molecule has 2 aromatic carbocycles. The van der Waals surface area contributed by atoms with Gasteiger partial charge in [-0.2, -0.15) is 5.10 Å². The van der Waals surface area contributed by atoms with E-state index in [0.717, 1.165) is 5.56 Å². The van der Waals surface area contributed by atoms with E-state index in [9.17, 15) is 9.18 Å². The first-order valence-electron chi connectivity index (χ1n) is 7.80. The molecule has 0 saturated carbocycles. The maximum Gasteiger partial charge on any atom is 0.272 e. The van der Waals surface area contributed by atoms with Crippen molar-refractivity contribution >= 4 is 28.9 Å². The second-order valence-electron chi connectivity index (χ2n) is 5.43. The van der Waals surface area contributed by atoms with Gasteiger partial charge in [-0.05, 0) is 29.9 Å². The summed E-state index contributed by atoms with van der Waals surface area (Å²) in [6.07, 6.45) is 3.10. The third-order valence-corrected chi connectivity index (χ3v) is 3.70. The molecule has 3 rings (SSSR count). The first-order valence-corrected chi connectivity index (χ1v) is 8.21. The standard InChI is InChI=1S/C18H16FN5OS/c19-15-8-4-5-9-16(15)21-18(26)23-22-17(25)14-10-20-24(12-14)11-13-6-2-1-3-7-13/h1-10,12H,11H2,(H,22,25)(H2,21,23,26). The summed E-state index contributed by atoms with van der Waals surface area (Å²) >= 11 is 5.03. The van der Waals surface area contributed by atoms with Crippen LogP contribution in [0.5, 0.6) is 0 Å². The monoisotopic (exact) mass is 369 g/mol. The highest BCUT2D eigenvalue weighted by Gasteiger charge is 2.10. The van der Waals surface area contributed by atoms with E-state index in [1.165, 1.54) is 12.3 Å². The minimum atomic E-state index is -0.440. The van der Waals surface area contributed by atoms with E-state index < -0.39 is 11.7 Å². The number of para-hydroxylation sites is 1. The molecule has 1 heterocycles. The van der Waals surface area contributed by atoms with Gasteiger partial charge >= 0.3 is 0 Å². The quantitative estimate of drug-likeness (QED) is 0.487. The zero-order valence-corrected chi connectivity index (χ0v) is 14.5. The summed E-state index contributed by atoms with van der Waals surface area (Å²) in [4.78, 5) is 12.1.